The monoisotopic (exact) mass is 280 g/mol. The van der Waals surface area contributed by atoms with Crippen molar-refractivity contribution in [1.29, 1.82) is 0 Å². The topological polar surface area (TPSA) is 55.7 Å². The maximum Gasteiger partial charge on any atom is 0.161 e. The summed E-state index contributed by atoms with van der Waals surface area (Å²) in [5, 5.41) is 22.6. The van der Waals surface area contributed by atoms with Crippen molar-refractivity contribution < 1.29 is 10.2 Å². The van der Waals surface area contributed by atoms with Crippen LogP contribution in [0, 0.1) is 5.92 Å². The van der Waals surface area contributed by atoms with Gasteiger partial charge in [-0.15, -0.1) is 0 Å². The van der Waals surface area contributed by atoms with E-state index in [1.165, 1.54) is 18.9 Å². The third-order valence-electron chi connectivity index (χ3n) is 4.02. The van der Waals surface area contributed by atoms with Crippen LogP contribution in [0.15, 0.2) is 18.2 Å². The number of nitrogens with one attached hydrogen (secondary N) is 1. The Bertz CT molecular complexity index is 403. The summed E-state index contributed by atoms with van der Waals surface area (Å²) in [6.45, 7) is 5.89. The van der Waals surface area contributed by atoms with Crippen LogP contribution in [0.4, 0.5) is 0 Å². The normalized spacial score (nSPS) is 13.1. The lowest BCUT2D eigenvalue weighted by atomic mass is 9.93. The summed E-state index contributed by atoms with van der Waals surface area (Å²) in [5.41, 5.74) is 0.729. The number of likely N-dealkylation sites (N-methyl/N-ethyl adjacent to an activating group) is 1. The number of benzene rings is 1. The summed E-state index contributed by atoms with van der Waals surface area (Å²) in [6, 6.07) is 5.54. The van der Waals surface area contributed by atoms with Crippen LogP contribution >= 0.6 is 0 Å². The molecule has 0 fully saturated rings. The van der Waals surface area contributed by atoms with Crippen molar-refractivity contribution in [2.24, 2.45) is 5.92 Å². The van der Waals surface area contributed by atoms with Crippen LogP contribution < -0.4 is 5.32 Å². The molecular weight excluding hydrogens is 252 g/mol. The number of para-hydroxylation sites is 1. The Kier molecular flexibility index (Phi) is 6.82. The summed E-state index contributed by atoms with van der Waals surface area (Å²) in [4.78, 5) is 2.26. The Morgan fingerprint density at radius 3 is 2.35 bits per heavy atom. The van der Waals surface area contributed by atoms with Crippen LogP contribution in [0.1, 0.15) is 32.3 Å². The minimum Gasteiger partial charge on any atom is -0.504 e. The van der Waals surface area contributed by atoms with Gasteiger partial charge in [-0.2, -0.15) is 0 Å². The Morgan fingerprint density at radius 2 is 1.80 bits per heavy atom. The van der Waals surface area contributed by atoms with Gasteiger partial charge in [0.1, 0.15) is 0 Å². The zero-order chi connectivity index (χ0) is 15.1. The number of rotatable bonds is 8. The first-order valence-electron chi connectivity index (χ1n) is 7.38. The van der Waals surface area contributed by atoms with Crippen LogP contribution in [0.25, 0.3) is 0 Å². The van der Waals surface area contributed by atoms with E-state index in [1.54, 1.807) is 6.07 Å². The maximum absolute atomic E-state index is 9.77. The second-order valence-electron chi connectivity index (χ2n) is 5.52. The van der Waals surface area contributed by atoms with Gasteiger partial charge in [0.2, 0.25) is 0 Å². The lowest BCUT2D eigenvalue weighted by Gasteiger charge is -2.31. The average Bonchev–Trinajstić information content (AvgIpc) is 2.42. The van der Waals surface area contributed by atoms with Crippen LogP contribution in [0.3, 0.4) is 0 Å². The molecule has 0 saturated heterocycles. The van der Waals surface area contributed by atoms with Gasteiger partial charge in [0.15, 0.2) is 11.5 Å². The molecule has 1 aromatic carbocycles. The fourth-order valence-corrected chi connectivity index (χ4v) is 2.68. The Balaban J connectivity index is 2.58. The third kappa shape index (κ3) is 4.39. The fraction of sp³-hybridized carbons (Fsp3) is 0.625. The highest BCUT2D eigenvalue weighted by atomic mass is 16.3. The van der Waals surface area contributed by atoms with E-state index in [2.05, 4.69) is 38.2 Å². The van der Waals surface area contributed by atoms with Crippen molar-refractivity contribution in [2.45, 2.75) is 39.3 Å². The minimum atomic E-state index is -0.0616. The highest BCUT2D eigenvalue weighted by molar-refractivity contribution is 5.44. The average molecular weight is 280 g/mol. The standard InChI is InChI=1S/C16H28N2O2/c1-5-12(6-2)14(18(3)4)11-17-10-13-8-7-9-15(19)16(13)20/h7-9,12,14,17,19-20H,5-6,10-11H2,1-4H3. The smallest absolute Gasteiger partial charge is 0.161 e. The molecule has 0 amide bonds. The van der Waals surface area contributed by atoms with E-state index < -0.39 is 0 Å². The lowest BCUT2D eigenvalue weighted by Crippen LogP contribution is -2.42. The molecule has 0 heterocycles. The molecule has 4 heteroatoms. The molecule has 20 heavy (non-hydrogen) atoms. The third-order valence-corrected chi connectivity index (χ3v) is 4.02. The van der Waals surface area contributed by atoms with E-state index in [1.807, 2.05) is 6.07 Å². The van der Waals surface area contributed by atoms with E-state index in [4.69, 9.17) is 0 Å². The predicted molar refractivity (Wildman–Crippen MR) is 83.0 cm³/mol. The second kappa shape index (κ2) is 8.12. The molecule has 0 aliphatic carbocycles. The predicted octanol–water partition coefficient (Wildman–Crippen LogP) is 2.55. The van der Waals surface area contributed by atoms with Crippen molar-refractivity contribution >= 4 is 0 Å². The summed E-state index contributed by atoms with van der Waals surface area (Å²) in [5.74, 6) is 0.577. The van der Waals surface area contributed by atoms with Crippen LogP contribution in [0.2, 0.25) is 0 Å². The van der Waals surface area contributed by atoms with Crippen molar-refractivity contribution in [3.05, 3.63) is 23.8 Å². The van der Waals surface area contributed by atoms with Gasteiger partial charge < -0.3 is 20.4 Å². The molecule has 3 N–H and O–H groups in total. The zero-order valence-electron chi connectivity index (χ0n) is 13.1. The zero-order valence-corrected chi connectivity index (χ0v) is 13.1. The molecule has 1 aromatic rings. The molecule has 1 atom stereocenters. The summed E-state index contributed by atoms with van der Waals surface area (Å²) < 4.78 is 0. The lowest BCUT2D eigenvalue weighted by molar-refractivity contribution is 0.193. The van der Waals surface area contributed by atoms with Crippen molar-refractivity contribution in [1.82, 2.24) is 10.2 Å². The first kappa shape index (κ1) is 16.8. The van der Waals surface area contributed by atoms with Gasteiger partial charge in [-0.3, -0.25) is 0 Å². The minimum absolute atomic E-state index is 0.0241. The molecule has 0 saturated carbocycles. The van der Waals surface area contributed by atoms with Crippen molar-refractivity contribution in [3.63, 3.8) is 0 Å². The molecule has 0 aliphatic rings. The van der Waals surface area contributed by atoms with Gasteiger partial charge in [0, 0.05) is 24.7 Å². The van der Waals surface area contributed by atoms with Crippen LogP contribution in [-0.4, -0.2) is 41.8 Å². The highest BCUT2D eigenvalue weighted by Crippen LogP contribution is 2.28. The fourth-order valence-electron chi connectivity index (χ4n) is 2.68. The highest BCUT2D eigenvalue weighted by Gasteiger charge is 2.20. The molecule has 0 aromatic heterocycles. The molecule has 4 nitrogen and oxygen atoms in total. The van der Waals surface area contributed by atoms with E-state index in [9.17, 15) is 10.2 Å². The molecule has 1 unspecified atom stereocenters. The maximum atomic E-state index is 9.77. The number of aromatic hydroxyl groups is 2. The summed E-state index contributed by atoms with van der Waals surface area (Å²) in [6.07, 6.45) is 2.33. The quantitative estimate of drug-likeness (QED) is 0.641. The van der Waals surface area contributed by atoms with Gasteiger partial charge >= 0.3 is 0 Å². The molecule has 114 valence electrons. The Morgan fingerprint density at radius 1 is 1.15 bits per heavy atom. The molecule has 0 spiro atoms. The number of hydrogen-bond acceptors (Lipinski definition) is 4. The first-order chi connectivity index (χ1) is 9.51. The van der Waals surface area contributed by atoms with Crippen LogP contribution in [-0.2, 0) is 6.54 Å². The molecule has 0 aliphatic heterocycles. The van der Waals surface area contributed by atoms with Crippen molar-refractivity contribution in [2.75, 3.05) is 20.6 Å². The van der Waals surface area contributed by atoms with Gasteiger partial charge in [0.05, 0.1) is 0 Å². The summed E-state index contributed by atoms with van der Waals surface area (Å²) >= 11 is 0. The van der Waals surface area contributed by atoms with Gasteiger partial charge in [-0.1, -0.05) is 38.8 Å². The van der Waals surface area contributed by atoms with E-state index >= 15 is 0 Å². The Hall–Kier alpha value is -1.26. The van der Waals surface area contributed by atoms with Gasteiger partial charge in [0.25, 0.3) is 0 Å². The van der Waals surface area contributed by atoms with E-state index in [0.717, 1.165) is 12.1 Å². The Labute approximate surface area is 122 Å². The molecular formula is C16H28N2O2. The van der Waals surface area contributed by atoms with Gasteiger partial charge in [-0.05, 0) is 26.1 Å². The number of nitrogens with zero attached hydrogens (tertiary/aromatic N) is 1. The number of phenolic OH excluding ortho intramolecular Hbond substituents is 2. The van der Waals surface area contributed by atoms with Gasteiger partial charge in [-0.25, -0.2) is 0 Å². The molecule has 1 rings (SSSR count). The SMILES string of the molecule is CCC(CC)C(CNCc1cccc(O)c1O)N(C)C. The molecule has 0 radical (unpaired) electrons. The van der Waals surface area contributed by atoms with E-state index in [-0.39, 0.29) is 11.5 Å². The van der Waals surface area contributed by atoms with Crippen LogP contribution in [0.5, 0.6) is 11.5 Å². The largest absolute Gasteiger partial charge is 0.504 e. The number of hydrogen-bond donors (Lipinski definition) is 3. The summed E-state index contributed by atoms with van der Waals surface area (Å²) in [7, 11) is 4.22. The number of phenols is 2. The molecule has 0 bridgehead atoms. The first-order valence-corrected chi connectivity index (χ1v) is 7.38. The second-order valence-corrected chi connectivity index (χ2v) is 5.52. The van der Waals surface area contributed by atoms with E-state index in [0.29, 0.717) is 18.5 Å². The van der Waals surface area contributed by atoms with Crippen molar-refractivity contribution in [3.8, 4) is 11.5 Å².